The minimum absolute atomic E-state index is 0.0523. The molecule has 0 aromatic heterocycles. The van der Waals surface area contributed by atoms with Crippen LogP contribution in [-0.4, -0.2) is 97.6 Å². The van der Waals surface area contributed by atoms with Gasteiger partial charge in [-0.15, -0.1) is 0 Å². The fraction of sp³-hybridized carbons (Fsp3) is 1.00. The van der Waals surface area contributed by atoms with E-state index in [0.29, 0.717) is 0 Å². The summed E-state index contributed by atoms with van der Waals surface area (Å²) >= 11 is 0. The highest BCUT2D eigenvalue weighted by molar-refractivity contribution is 7.46. The van der Waals surface area contributed by atoms with Gasteiger partial charge in [0.2, 0.25) is 0 Å². The molecule has 7 atom stereocenters. The minimum atomic E-state index is -5.25. The van der Waals surface area contributed by atoms with E-state index in [2.05, 4.69) is 9.05 Å². The van der Waals surface area contributed by atoms with E-state index in [1.807, 2.05) is 0 Å². The van der Waals surface area contributed by atoms with Crippen LogP contribution in [-0.2, 0) is 32.4 Å². The molecule has 26 heavy (non-hydrogen) atoms. The van der Waals surface area contributed by atoms with Gasteiger partial charge < -0.3 is 49.1 Å². The Balaban J connectivity index is 2.24. The van der Waals surface area contributed by atoms with Crippen LogP contribution in [0.25, 0.3) is 0 Å². The molecule has 0 spiro atoms. The summed E-state index contributed by atoms with van der Waals surface area (Å²) in [6.45, 7) is -1.03. The third kappa shape index (κ3) is 5.99. The molecule has 2 aliphatic rings. The first kappa shape index (κ1) is 22.3. The topological polar surface area (TPSA) is 222 Å². The molecule has 2 fully saturated rings. The maximum Gasteiger partial charge on any atom is 0.470 e. The van der Waals surface area contributed by atoms with Crippen LogP contribution in [0.4, 0.5) is 0 Å². The van der Waals surface area contributed by atoms with Crippen molar-refractivity contribution < 1.29 is 67.3 Å². The molecular weight excluding hydrogens is 406 g/mol. The molecule has 0 radical (unpaired) electrons. The van der Waals surface area contributed by atoms with Gasteiger partial charge in [-0.05, 0) is 0 Å². The largest absolute Gasteiger partial charge is 0.470 e. The Morgan fingerprint density at radius 1 is 0.962 bits per heavy atom. The second kappa shape index (κ2) is 8.55. The zero-order chi connectivity index (χ0) is 19.7. The minimum Gasteiger partial charge on any atom is -0.394 e. The van der Waals surface area contributed by atoms with Crippen molar-refractivity contribution in [2.45, 2.75) is 42.9 Å². The lowest BCUT2D eigenvalue weighted by Crippen LogP contribution is -2.61. The fourth-order valence-electron chi connectivity index (χ4n) is 2.54. The average molecular weight is 426 g/mol. The standard InChI is InChI=1S/C10H20O14P2/c11-1-5-8(23-25(14,15)16)9(24-26(17,18)19)7(13)10(21-5)22-6-3-20-2-4(6)12/h4-13H,1-3H2,(H2,14,15,16)(H2,17,18,19)/t4-,5-,6+,7-,8-,9-,10+/m1/s1. The van der Waals surface area contributed by atoms with E-state index >= 15 is 0 Å². The quantitative estimate of drug-likeness (QED) is 0.199. The zero-order valence-electron chi connectivity index (χ0n) is 13.0. The molecule has 0 unspecified atom stereocenters. The van der Waals surface area contributed by atoms with Gasteiger partial charge in [-0.1, -0.05) is 0 Å². The Kier molecular flexibility index (Phi) is 7.33. The summed E-state index contributed by atoms with van der Waals surface area (Å²) in [4.78, 5) is 35.9. The molecule has 154 valence electrons. The second-order valence-corrected chi connectivity index (χ2v) is 8.00. The van der Waals surface area contributed by atoms with Gasteiger partial charge in [0.05, 0.1) is 19.8 Å². The summed E-state index contributed by atoms with van der Waals surface area (Å²) < 4.78 is 46.4. The number of aliphatic hydroxyl groups excluding tert-OH is 3. The second-order valence-electron chi connectivity index (χ2n) is 5.62. The number of phosphoric acid groups is 2. The number of aliphatic hydroxyl groups is 3. The molecule has 0 amide bonds. The van der Waals surface area contributed by atoms with Crippen molar-refractivity contribution in [2.24, 2.45) is 0 Å². The van der Waals surface area contributed by atoms with Crippen LogP contribution < -0.4 is 0 Å². The fourth-order valence-corrected chi connectivity index (χ4v) is 3.68. The van der Waals surface area contributed by atoms with Crippen molar-refractivity contribution in [3.05, 3.63) is 0 Å². The molecular formula is C10H20O14P2. The highest BCUT2D eigenvalue weighted by Crippen LogP contribution is 2.46. The highest BCUT2D eigenvalue weighted by Gasteiger charge is 2.52. The summed E-state index contributed by atoms with van der Waals surface area (Å²) in [5, 5.41) is 29.3. The van der Waals surface area contributed by atoms with E-state index in [9.17, 15) is 24.4 Å². The Morgan fingerprint density at radius 3 is 2.00 bits per heavy atom. The SMILES string of the molecule is O=P(O)(O)O[C@@H]1[C@@H](O)[C@H](O[C@H]2COC[C@H]2O)O[C@H](CO)[C@H]1OP(=O)(O)O. The van der Waals surface area contributed by atoms with Gasteiger partial charge in [-0.25, -0.2) is 9.13 Å². The summed E-state index contributed by atoms with van der Waals surface area (Å²) in [6, 6.07) is 0. The predicted molar refractivity (Wildman–Crippen MR) is 77.3 cm³/mol. The molecule has 0 aromatic rings. The Labute approximate surface area is 146 Å². The maximum atomic E-state index is 11.2. The van der Waals surface area contributed by atoms with Crippen LogP contribution in [0, 0.1) is 0 Å². The lowest BCUT2D eigenvalue weighted by atomic mass is 9.99. The molecule has 0 saturated carbocycles. The van der Waals surface area contributed by atoms with Crippen LogP contribution in [0.5, 0.6) is 0 Å². The number of ether oxygens (including phenoxy) is 3. The molecule has 7 N–H and O–H groups in total. The number of phosphoric ester groups is 2. The van der Waals surface area contributed by atoms with Crippen molar-refractivity contribution >= 4 is 15.6 Å². The van der Waals surface area contributed by atoms with E-state index in [0.717, 1.165) is 0 Å². The van der Waals surface area contributed by atoms with Gasteiger partial charge in [-0.3, -0.25) is 9.05 Å². The number of hydrogen-bond acceptors (Lipinski definition) is 10. The Hall–Kier alpha value is -0.0200. The van der Waals surface area contributed by atoms with E-state index in [1.165, 1.54) is 0 Å². The van der Waals surface area contributed by atoms with Gasteiger partial charge in [0, 0.05) is 0 Å². The van der Waals surface area contributed by atoms with E-state index < -0.39 is 65.2 Å². The number of rotatable bonds is 7. The molecule has 16 heteroatoms. The predicted octanol–water partition coefficient (Wildman–Crippen LogP) is -3.20. The molecule has 0 aromatic carbocycles. The molecule has 14 nitrogen and oxygen atoms in total. The molecule has 0 aliphatic carbocycles. The van der Waals surface area contributed by atoms with Crippen molar-refractivity contribution in [3.8, 4) is 0 Å². The van der Waals surface area contributed by atoms with E-state index in [1.54, 1.807) is 0 Å². The normalized spacial score (nSPS) is 39.3. The first-order valence-electron chi connectivity index (χ1n) is 7.25. The summed E-state index contributed by atoms with van der Waals surface area (Å²) in [5.74, 6) is 0. The summed E-state index contributed by atoms with van der Waals surface area (Å²) in [6.07, 6.45) is -11.2. The molecule has 2 heterocycles. The molecule has 0 bridgehead atoms. The lowest BCUT2D eigenvalue weighted by Gasteiger charge is -2.43. The van der Waals surface area contributed by atoms with Crippen LogP contribution >= 0.6 is 15.6 Å². The highest BCUT2D eigenvalue weighted by atomic mass is 31.2. The van der Waals surface area contributed by atoms with E-state index in [4.69, 9.17) is 33.8 Å². The van der Waals surface area contributed by atoms with Crippen molar-refractivity contribution in [1.82, 2.24) is 0 Å². The smallest absolute Gasteiger partial charge is 0.394 e. The monoisotopic (exact) mass is 426 g/mol. The summed E-state index contributed by atoms with van der Waals surface area (Å²) in [7, 11) is -10.5. The zero-order valence-corrected chi connectivity index (χ0v) is 14.8. The Morgan fingerprint density at radius 2 is 1.54 bits per heavy atom. The summed E-state index contributed by atoms with van der Waals surface area (Å²) in [5.41, 5.74) is 0. The molecule has 2 saturated heterocycles. The Bertz CT molecular complexity index is 560. The first-order chi connectivity index (χ1) is 11.9. The van der Waals surface area contributed by atoms with Crippen LogP contribution in [0.2, 0.25) is 0 Å². The van der Waals surface area contributed by atoms with Crippen molar-refractivity contribution in [1.29, 1.82) is 0 Å². The number of hydrogen-bond donors (Lipinski definition) is 7. The third-order valence-corrected chi connectivity index (χ3v) is 4.66. The van der Waals surface area contributed by atoms with E-state index in [-0.39, 0.29) is 13.2 Å². The molecule has 2 aliphatic heterocycles. The van der Waals surface area contributed by atoms with Crippen LogP contribution in [0.1, 0.15) is 0 Å². The van der Waals surface area contributed by atoms with Gasteiger partial charge >= 0.3 is 15.6 Å². The molecule has 2 rings (SSSR count). The maximum absolute atomic E-state index is 11.2. The van der Waals surface area contributed by atoms with Gasteiger partial charge in [-0.2, -0.15) is 0 Å². The van der Waals surface area contributed by atoms with Gasteiger partial charge in [0.15, 0.2) is 6.29 Å². The van der Waals surface area contributed by atoms with Crippen LogP contribution in [0.15, 0.2) is 0 Å². The van der Waals surface area contributed by atoms with Crippen LogP contribution in [0.3, 0.4) is 0 Å². The van der Waals surface area contributed by atoms with Crippen molar-refractivity contribution in [2.75, 3.05) is 19.8 Å². The third-order valence-electron chi connectivity index (χ3n) is 3.62. The lowest BCUT2D eigenvalue weighted by molar-refractivity contribution is -0.309. The first-order valence-corrected chi connectivity index (χ1v) is 10.3. The average Bonchev–Trinajstić information content (AvgIpc) is 2.88. The van der Waals surface area contributed by atoms with Crippen molar-refractivity contribution in [3.63, 3.8) is 0 Å². The van der Waals surface area contributed by atoms with Gasteiger partial charge in [0.25, 0.3) is 0 Å². The van der Waals surface area contributed by atoms with Gasteiger partial charge in [0.1, 0.15) is 36.6 Å².